The monoisotopic (exact) mass is 314 g/mol. The zero-order valence-corrected chi connectivity index (χ0v) is 11.9. The van der Waals surface area contributed by atoms with Gasteiger partial charge in [-0.05, 0) is 56.1 Å². The minimum atomic E-state index is -4.38. The number of ether oxygens (including phenoxy) is 1. The first-order valence-electron chi connectivity index (χ1n) is 7.31. The second-order valence-electron chi connectivity index (χ2n) is 5.65. The highest BCUT2D eigenvalue weighted by molar-refractivity contribution is 5.90. The highest BCUT2D eigenvalue weighted by Gasteiger charge is 2.40. The van der Waals surface area contributed by atoms with E-state index < -0.39 is 17.8 Å². The van der Waals surface area contributed by atoms with Gasteiger partial charge in [0, 0.05) is 5.69 Å². The first-order chi connectivity index (χ1) is 10.5. The van der Waals surface area contributed by atoms with E-state index in [0.717, 1.165) is 38.1 Å². The van der Waals surface area contributed by atoms with Crippen LogP contribution in [0, 0.1) is 5.92 Å². The van der Waals surface area contributed by atoms with Gasteiger partial charge in [-0.2, -0.15) is 13.2 Å². The van der Waals surface area contributed by atoms with E-state index in [1.54, 1.807) is 0 Å². The molecule has 0 saturated carbocycles. The summed E-state index contributed by atoms with van der Waals surface area (Å²) in [6.07, 6.45) is -3.00. The van der Waals surface area contributed by atoms with Gasteiger partial charge in [0.25, 0.3) is 0 Å². The molecule has 7 heteroatoms. The standard InChI is InChI=1S/C15H17F3N2O2/c16-15(17,18)11-1-3-12(4-2-11)20-13(9-22-14(20)21)10-5-7-19-8-6-10/h1-4,10,13,19H,5-9H2. The van der Waals surface area contributed by atoms with Crippen LogP contribution >= 0.6 is 0 Å². The number of anilines is 1. The average Bonchev–Trinajstić information content (AvgIpc) is 2.89. The SMILES string of the molecule is O=C1OCC(C2CCNCC2)N1c1ccc(C(F)(F)F)cc1. The van der Waals surface area contributed by atoms with Crippen molar-refractivity contribution in [2.75, 3.05) is 24.6 Å². The number of piperidine rings is 1. The summed E-state index contributed by atoms with van der Waals surface area (Å²) in [5, 5.41) is 3.26. The summed E-state index contributed by atoms with van der Waals surface area (Å²) in [4.78, 5) is 13.5. The summed E-state index contributed by atoms with van der Waals surface area (Å²) in [5.74, 6) is 0.301. The number of benzene rings is 1. The molecule has 1 atom stereocenters. The number of hydrogen-bond donors (Lipinski definition) is 1. The minimum absolute atomic E-state index is 0.105. The van der Waals surface area contributed by atoms with Gasteiger partial charge < -0.3 is 10.1 Å². The molecule has 1 N–H and O–H groups in total. The fourth-order valence-corrected chi connectivity index (χ4v) is 3.12. The molecule has 4 nitrogen and oxygen atoms in total. The predicted molar refractivity (Wildman–Crippen MR) is 74.7 cm³/mol. The van der Waals surface area contributed by atoms with Gasteiger partial charge in [-0.25, -0.2) is 4.79 Å². The number of rotatable bonds is 2. The fraction of sp³-hybridized carbons (Fsp3) is 0.533. The van der Waals surface area contributed by atoms with Crippen LogP contribution < -0.4 is 10.2 Å². The maximum Gasteiger partial charge on any atom is 0.416 e. The van der Waals surface area contributed by atoms with E-state index >= 15 is 0 Å². The maximum absolute atomic E-state index is 12.6. The van der Waals surface area contributed by atoms with E-state index in [1.165, 1.54) is 17.0 Å². The number of cyclic esters (lactones) is 1. The maximum atomic E-state index is 12.6. The number of halogens is 3. The number of nitrogens with zero attached hydrogens (tertiary/aromatic N) is 1. The summed E-state index contributed by atoms with van der Waals surface area (Å²) < 4.78 is 43.0. The number of nitrogens with one attached hydrogen (secondary N) is 1. The minimum Gasteiger partial charge on any atom is -0.447 e. The van der Waals surface area contributed by atoms with E-state index in [4.69, 9.17) is 4.74 Å². The summed E-state index contributed by atoms with van der Waals surface area (Å²) in [6, 6.07) is 4.57. The van der Waals surface area contributed by atoms with Gasteiger partial charge in [0.15, 0.2) is 0 Å². The van der Waals surface area contributed by atoms with Gasteiger partial charge in [-0.3, -0.25) is 4.90 Å². The van der Waals surface area contributed by atoms with Crippen LogP contribution in [0.1, 0.15) is 18.4 Å². The number of hydrogen-bond acceptors (Lipinski definition) is 3. The Morgan fingerprint density at radius 2 is 1.77 bits per heavy atom. The Morgan fingerprint density at radius 1 is 1.14 bits per heavy atom. The van der Waals surface area contributed by atoms with Gasteiger partial charge in [0.05, 0.1) is 11.6 Å². The van der Waals surface area contributed by atoms with E-state index in [0.29, 0.717) is 18.2 Å². The molecule has 3 rings (SSSR count). The van der Waals surface area contributed by atoms with Crippen LogP contribution in [-0.2, 0) is 10.9 Å². The lowest BCUT2D eigenvalue weighted by atomic mass is 9.90. The Balaban J connectivity index is 1.82. The lowest BCUT2D eigenvalue weighted by molar-refractivity contribution is -0.137. The molecule has 2 aliphatic rings. The van der Waals surface area contributed by atoms with E-state index in [9.17, 15) is 18.0 Å². The van der Waals surface area contributed by atoms with E-state index in [1.807, 2.05) is 0 Å². The molecule has 0 radical (unpaired) electrons. The van der Waals surface area contributed by atoms with Crippen molar-refractivity contribution in [3.05, 3.63) is 29.8 Å². The third-order valence-corrected chi connectivity index (χ3v) is 4.31. The van der Waals surface area contributed by atoms with Crippen LogP contribution in [-0.4, -0.2) is 31.8 Å². The molecular formula is C15H17F3N2O2. The largest absolute Gasteiger partial charge is 0.447 e. The van der Waals surface area contributed by atoms with Crippen molar-refractivity contribution in [3.63, 3.8) is 0 Å². The van der Waals surface area contributed by atoms with Crippen molar-refractivity contribution in [2.24, 2.45) is 5.92 Å². The Bertz CT molecular complexity index is 539. The Morgan fingerprint density at radius 3 is 2.36 bits per heavy atom. The molecule has 0 spiro atoms. The molecule has 0 aliphatic carbocycles. The average molecular weight is 314 g/mol. The van der Waals surface area contributed by atoms with Crippen molar-refractivity contribution in [1.82, 2.24) is 5.32 Å². The fourth-order valence-electron chi connectivity index (χ4n) is 3.12. The molecule has 2 saturated heterocycles. The zero-order chi connectivity index (χ0) is 15.7. The van der Waals surface area contributed by atoms with Gasteiger partial charge in [0.2, 0.25) is 0 Å². The van der Waals surface area contributed by atoms with Crippen molar-refractivity contribution < 1.29 is 22.7 Å². The Labute approximate surface area is 126 Å². The van der Waals surface area contributed by atoms with Crippen molar-refractivity contribution in [1.29, 1.82) is 0 Å². The van der Waals surface area contributed by atoms with Crippen LogP contribution in [0.3, 0.4) is 0 Å². The second kappa shape index (κ2) is 5.79. The normalized spacial score (nSPS) is 23.7. The third-order valence-electron chi connectivity index (χ3n) is 4.31. The Kier molecular flexibility index (Phi) is 3.99. The zero-order valence-electron chi connectivity index (χ0n) is 11.9. The molecule has 22 heavy (non-hydrogen) atoms. The smallest absolute Gasteiger partial charge is 0.416 e. The first-order valence-corrected chi connectivity index (χ1v) is 7.31. The summed E-state index contributed by atoms with van der Waals surface area (Å²) in [5.41, 5.74) is -0.263. The molecule has 0 aromatic heterocycles. The quantitative estimate of drug-likeness (QED) is 0.912. The van der Waals surface area contributed by atoms with Crippen molar-refractivity contribution in [3.8, 4) is 0 Å². The topological polar surface area (TPSA) is 41.6 Å². The van der Waals surface area contributed by atoms with Crippen LogP contribution in [0.2, 0.25) is 0 Å². The van der Waals surface area contributed by atoms with E-state index in [2.05, 4.69) is 5.32 Å². The molecule has 1 amide bonds. The predicted octanol–water partition coefficient (Wildman–Crippen LogP) is 3.03. The van der Waals surface area contributed by atoms with Gasteiger partial charge >= 0.3 is 12.3 Å². The number of alkyl halides is 3. The van der Waals surface area contributed by atoms with Crippen LogP contribution in [0.5, 0.6) is 0 Å². The van der Waals surface area contributed by atoms with Gasteiger partial charge in [-0.1, -0.05) is 0 Å². The lowest BCUT2D eigenvalue weighted by Gasteiger charge is -2.32. The molecular weight excluding hydrogens is 297 g/mol. The van der Waals surface area contributed by atoms with Gasteiger partial charge in [0.1, 0.15) is 6.61 Å². The number of amides is 1. The van der Waals surface area contributed by atoms with Crippen LogP contribution in [0.25, 0.3) is 0 Å². The van der Waals surface area contributed by atoms with E-state index in [-0.39, 0.29) is 6.04 Å². The summed E-state index contributed by atoms with van der Waals surface area (Å²) in [7, 11) is 0. The summed E-state index contributed by atoms with van der Waals surface area (Å²) in [6.45, 7) is 2.07. The highest BCUT2D eigenvalue weighted by Crippen LogP contribution is 2.34. The van der Waals surface area contributed by atoms with Crippen molar-refractivity contribution >= 4 is 11.8 Å². The molecule has 120 valence electrons. The molecule has 1 unspecified atom stereocenters. The van der Waals surface area contributed by atoms with Crippen LogP contribution in [0.4, 0.5) is 23.7 Å². The second-order valence-corrected chi connectivity index (χ2v) is 5.65. The molecule has 1 aromatic carbocycles. The van der Waals surface area contributed by atoms with Crippen LogP contribution in [0.15, 0.2) is 24.3 Å². The third kappa shape index (κ3) is 2.90. The number of carbonyl (C=O) groups excluding carboxylic acids is 1. The van der Waals surface area contributed by atoms with Gasteiger partial charge in [-0.15, -0.1) is 0 Å². The molecule has 0 bridgehead atoms. The summed E-state index contributed by atoms with van der Waals surface area (Å²) >= 11 is 0. The molecule has 1 aromatic rings. The van der Waals surface area contributed by atoms with Crippen molar-refractivity contribution in [2.45, 2.75) is 25.1 Å². The number of carbonyl (C=O) groups is 1. The molecule has 2 fully saturated rings. The highest BCUT2D eigenvalue weighted by atomic mass is 19.4. The molecule has 2 heterocycles. The Hall–Kier alpha value is -1.76. The first kappa shape index (κ1) is 15.1. The molecule has 2 aliphatic heterocycles. The lowest BCUT2D eigenvalue weighted by Crippen LogP contribution is -2.43.